The van der Waals surface area contributed by atoms with Crippen LogP contribution in [0, 0.1) is 0 Å². The molecule has 0 aromatic heterocycles. The summed E-state index contributed by atoms with van der Waals surface area (Å²) in [7, 11) is 0. The Kier molecular flexibility index (Phi) is 6.93. The van der Waals surface area contributed by atoms with E-state index in [9.17, 15) is 4.79 Å². The number of hydrogen-bond donors (Lipinski definition) is 3. The number of carbonyl (C=O) groups excluding carboxylic acids is 1. The number of amides is 1. The second-order valence-corrected chi connectivity index (χ2v) is 4.41. The van der Waals surface area contributed by atoms with Crippen LogP contribution in [0.5, 0.6) is 0 Å². The molecule has 0 rings (SSSR count). The summed E-state index contributed by atoms with van der Waals surface area (Å²) < 4.78 is 5.06. The number of hydroxylamine groups is 1. The zero-order valence-electron chi connectivity index (χ0n) is 10.6. The molecule has 0 aliphatic carbocycles. The van der Waals surface area contributed by atoms with Crippen LogP contribution in [-0.4, -0.2) is 23.4 Å². The van der Waals surface area contributed by atoms with Crippen LogP contribution in [-0.2, 0) is 4.74 Å². The van der Waals surface area contributed by atoms with Crippen molar-refractivity contribution in [1.29, 1.82) is 0 Å². The molecular weight excluding hydrogens is 220 g/mol. The van der Waals surface area contributed by atoms with Gasteiger partial charge in [0.2, 0.25) is 0 Å². The highest BCUT2D eigenvalue weighted by Gasteiger charge is 2.15. The van der Waals surface area contributed by atoms with E-state index in [-0.39, 0.29) is 0 Å². The molecule has 4 N–H and O–H groups in total. The van der Waals surface area contributed by atoms with E-state index in [2.05, 4.69) is 11.9 Å². The van der Waals surface area contributed by atoms with Crippen LogP contribution in [0.4, 0.5) is 4.79 Å². The van der Waals surface area contributed by atoms with E-state index in [1.807, 2.05) is 0 Å². The fourth-order valence-corrected chi connectivity index (χ4v) is 0.864. The number of rotatable bonds is 5. The summed E-state index contributed by atoms with van der Waals surface area (Å²) in [5, 5.41) is 11.0. The quantitative estimate of drug-likeness (QED) is 0.498. The van der Waals surface area contributed by atoms with Crippen LogP contribution < -0.4 is 10.8 Å². The molecule has 0 saturated heterocycles. The number of quaternary nitrogens is 1. The van der Waals surface area contributed by atoms with Gasteiger partial charge in [0, 0.05) is 6.54 Å². The standard InChI is InChI=1S/C12H20N2O3/c1-10(7-5-6-8-14-16)9-13-11(15)17-12(2,3)4/h5-8,14,16H,1,9H2,2-4H3,(H,13,15)/p+1. The van der Waals surface area contributed by atoms with Crippen molar-refractivity contribution in [3.8, 4) is 0 Å². The van der Waals surface area contributed by atoms with Crippen LogP contribution in [0.2, 0.25) is 0 Å². The van der Waals surface area contributed by atoms with Gasteiger partial charge in [-0.15, -0.1) is 0 Å². The second-order valence-electron chi connectivity index (χ2n) is 4.41. The predicted molar refractivity (Wildman–Crippen MR) is 65.4 cm³/mol. The Morgan fingerprint density at radius 2 is 2.12 bits per heavy atom. The molecule has 1 amide bonds. The van der Waals surface area contributed by atoms with Gasteiger partial charge in [0.15, 0.2) is 0 Å². The minimum absolute atomic E-state index is 0.322. The summed E-state index contributed by atoms with van der Waals surface area (Å²) in [6, 6.07) is 0. The summed E-state index contributed by atoms with van der Waals surface area (Å²) in [6.07, 6.45) is 6.11. The van der Waals surface area contributed by atoms with Gasteiger partial charge < -0.3 is 10.1 Å². The first-order valence-electron chi connectivity index (χ1n) is 5.30. The van der Waals surface area contributed by atoms with E-state index in [4.69, 9.17) is 9.94 Å². The van der Waals surface area contributed by atoms with Gasteiger partial charge in [-0.25, -0.2) is 10.0 Å². The van der Waals surface area contributed by atoms with Crippen LogP contribution in [0.25, 0.3) is 0 Å². The highest BCUT2D eigenvalue weighted by molar-refractivity contribution is 5.68. The Labute approximate surface area is 102 Å². The molecule has 0 radical (unpaired) electrons. The van der Waals surface area contributed by atoms with Crippen molar-refractivity contribution >= 4 is 6.09 Å². The fourth-order valence-electron chi connectivity index (χ4n) is 0.864. The monoisotopic (exact) mass is 241 g/mol. The third-order valence-electron chi connectivity index (χ3n) is 1.50. The molecule has 0 aromatic carbocycles. The van der Waals surface area contributed by atoms with Gasteiger partial charge >= 0.3 is 6.09 Å². The molecule has 0 aliphatic heterocycles. The Bertz CT molecular complexity index is 314. The van der Waals surface area contributed by atoms with Crippen molar-refractivity contribution in [2.24, 2.45) is 0 Å². The van der Waals surface area contributed by atoms with E-state index >= 15 is 0 Å². The third kappa shape index (κ3) is 10.7. The molecule has 0 unspecified atom stereocenters. The molecule has 0 heterocycles. The minimum Gasteiger partial charge on any atom is -0.444 e. The average Bonchev–Trinajstić information content (AvgIpc) is 2.19. The van der Waals surface area contributed by atoms with Crippen LogP contribution in [0.1, 0.15) is 20.8 Å². The first-order valence-corrected chi connectivity index (χ1v) is 5.30. The maximum Gasteiger partial charge on any atom is 0.407 e. The van der Waals surface area contributed by atoms with Gasteiger partial charge in [-0.05, 0) is 32.4 Å². The van der Waals surface area contributed by atoms with Crippen molar-refractivity contribution < 1.29 is 20.2 Å². The van der Waals surface area contributed by atoms with Gasteiger partial charge in [0.05, 0.1) is 0 Å². The fraction of sp³-hybridized carbons (Fsp3) is 0.417. The van der Waals surface area contributed by atoms with Gasteiger partial charge in [-0.3, -0.25) is 0 Å². The summed E-state index contributed by atoms with van der Waals surface area (Å²) in [5.41, 5.74) is 1.17. The van der Waals surface area contributed by atoms with Gasteiger partial charge in [0.1, 0.15) is 11.8 Å². The molecule has 0 saturated carbocycles. The zero-order valence-corrected chi connectivity index (χ0v) is 10.6. The molecule has 5 nitrogen and oxygen atoms in total. The lowest BCUT2D eigenvalue weighted by Gasteiger charge is -2.19. The maximum atomic E-state index is 11.3. The molecule has 96 valence electrons. The first-order chi connectivity index (χ1) is 7.85. The van der Waals surface area contributed by atoms with E-state index < -0.39 is 11.7 Å². The Hall–Kier alpha value is -1.59. The lowest BCUT2D eigenvalue weighted by molar-refractivity contribution is -0.838. The normalized spacial score (nSPS) is 12.0. The molecule has 0 aliphatic rings. The van der Waals surface area contributed by atoms with E-state index in [1.54, 1.807) is 39.0 Å². The highest BCUT2D eigenvalue weighted by atomic mass is 16.6. The molecule has 0 fully saturated rings. The van der Waals surface area contributed by atoms with Gasteiger partial charge in [-0.2, -0.15) is 5.48 Å². The predicted octanol–water partition coefficient (Wildman–Crippen LogP) is 1.09. The Morgan fingerprint density at radius 1 is 1.47 bits per heavy atom. The van der Waals surface area contributed by atoms with Crippen LogP contribution in [0.15, 0.2) is 36.6 Å². The number of allylic oxidation sites excluding steroid dienone is 2. The third-order valence-corrected chi connectivity index (χ3v) is 1.50. The average molecular weight is 241 g/mol. The first kappa shape index (κ1) is 15.4. The van der Waals surface area contributed by atoms with Crippen LogP contribution in [0.3, 0.4) is 0 Å². The highest BCUT2D eigenvalue weighted by Crippen LogP contribution is 2.06. The van der Waals surface area contributed by atoms with Crippen LogP contribution >= 0.6 is 0 Å². The number of alkyl carbamates (subject to hydrolysis) is 1. The molecule has 5 heteroatoms. The van der Waals surface area contributed by atoms with Crippen molar-refractivity contribution in [2.75, 3.05) is 6.54 Å². The van der Waals surface area contributed by atoms with E-state index in [0.29, 0.717) is 6.54 Å². The molecule has 0 atom stereocenters. The largest absolute Gasteiger partial charge is 0.444 e. The van der Waals surface area contributed by atoms with Crippen molar-refractivity contribution in [3.63, 3.8) is 0 Å². The minimum atomic E-state index is -0.499. The maximum absolute atomic E-state index is 11.3. The molecule has 0 aromatic rings. The Morgan fingerprint density at radius 3 is 2.65 bits per heavy atom. The van der Waals surface area contributed by atoms with Crippen molar-refractivity contribution in [3.05, 3.63) is 36.6 Å². The van der Waals surface area contributed by atoms with Crippen molar-refractivity contribution in [2.45, 2.75) is 26.4 Å². The summed E-state index contributed by atoms with van der Waals surface area (Å²) in [5.74, 6) is 0. The SMILES string of the molecule is C=C(C=CC=C[NH2+]O)CNC(=O)OC(C)(C)C. The topological polar surface area (TPSA) is 75.2 Å². The number of nitrogens with two attached hydrogens (primary N) is 1. The second kappa shape index (κ2) is 7.65. The lowest BCUT2D eigenvalue weighted by atomic mass is 10.2. The number of nitrogens with one attached hydrogen (secondary N) is 1. The number of hydrogen-bond acceptors (Lipinski definition) is 3. The summed E-state index contributed by atoms with van der Waals surface area (Å²) in [4.78, 5) is 11.3. The number of carbonyl (C=O) groups is 1. The Balaban J connectivity index is 3.88. The smallest absolute Gasteiger partial charge is 0.407 e. The summed E-state index contributed by atoms with van der Waals surface area (Å²) in [6.45, 7) is 9.49. The lowest BCUT2D eigenvalue weighted by Crippen LogP contribution is -2.73. The van der Waals surface area contributed by atoms with E-state index in [1.165, 1.54) is 6.20 Å². The van der Waals surface area contributed by atoms with Gasteiger partial charge in [0.25, 0.3) is 0 Å². The number of ether oxygens (including phenoxy) is 1. The molecule has 0 spiro atoms. The molecule has 17 heavy (non-hydrogen) atoms. The summed E-state index contributed by atoms with van der Waals surface area (Å²) >= 11 is 0. The molecule has 0 bridgehead atoms. The molecular formula is C12H21N2O3+. The van der Waals surface area contributed by atoms with Crippen molar-refractivity contribution in [1.82, 2.24) is 5.32 Å². The zero-order chi connectivity index (χ0) is 13.3. The van der Waals surface area contributed by atoms with E-state index in [0.717, 1.165) is 11.1 Å². The van der Waals surface area contributed by atoms with Gasteiger partial charge in [-0.1, -0.05) is 18.7 Å².